The van der Waals surface area contributed by atoms with Crippen molar-refractivity contribution in [3.8, 4) is 5.75 Å². The predicted octanol–water partition coefficient (Wildman–Crippen LogP) is 2.48. The first kappa shape index (κ1) is 17.5. The summed E-state index contributed by atoms with van der Waals surface area (Å²) in [5.74, 6) is 1.54. The van der Waals surface area contributed by atoms with Crippen LogP contribution in [0.5, 0.6) is 5.75 Å². The maximum atomic E-state index is 12.6. The largest absolute Gasteiger partial charge is 0.486 e. The third-order valence-corrected chi connectivity index (χ3v) is 4.81. The molecular weight excluding hydrogens is 340 g/mol. The lowest BCUT2D eigenvalue weighted by atomic mass is 10.1. The predicted molar refractivity (Wildman–Crippen MR) is 105 cm³/mol. The Bertz CT molecular complexity index is 901. The molecule has 1 saturated heterocycles. The highest BCUT2D eigenvalue weighted by Gasteiger charge is 2.18. The molecule has 3 aromatic rings. The number of carbonyl (C=O) groups is 1. The van der Waals surface area contributed by atoms with Crippen molar-refractivity contribution in [2.24, 2.45) is 0 Å². The monoisotopic (exact) mass is 364 g/mol. The highest BCUT2D eigenvalue weighted by atomic mass is 16.5. The van der Waals surface area contributed by atoms with E-state index in [-0.39, 0.29) is 18.5 Å². The van der Waals surface area contributed by atoms with Gasteiger partial charge in [-0.15, -0.1) is 0 Å². The standard InChI is InChI=1S/C21H24N4O2/c26-21(23-16-7-6-12-22-13-16)14-25-19-11-5-4-10-18(19)24-20(25)15-27-17-8-2-1-3-9-17/h1-5,8-11,16,22H,6-7,12-15H2,(H,23,26). The highest BCUT2D eigenvalue weighted by Crippen LogP contribution is 2.18. The summed E-state index contributed by atoms with van der Waals surface area (Å²) in [5.41, 5.74) is 1.82. The summed E-state index contributed by atoms with van der Waals surface area (Å²) in [7, 11) is 0. The van der Waals surface area contributed by atoms with Crippen LogP contribution in [0.3, 0.4) is 0 Å². The average Bonchev–Trinajstić information content (AvgIpc) is 3.05. The lowest BCUT2D eigenvalue weighted by molar-refractivity contribution is -0.122. The molecule has 0 aliphatic carbocycles. The first-order chi connectivity index (χ1) is 13.3. The number of rotatable bonds is 6. The van der Waals surface area contributed by atoms with Gasteiger partial charge in [0.15, 0.2) is 0 Å². The van der Waals surface area contributed by atoms with Crippen LogP contribution in [-0.4, -0.2) is 34.6 Å². The van der Waals surface area contributed by atoms with E-state index in [0.29, 0.717) is 6.61 Å². The van der Waals surface area contributed by atoms with Crippen LogP contribution in [0.4, 0.5) is 0 Å². The molecule has 0 spiro atoms. The van der Waals surface area contributed by atoms with Crippen molar-refractivity contribution in [2.75, 3.05) is 13.1 Å². The molecule has 1 amide bonds. The van der Waals surface area contributed by atoms with Crippen LogP contribution in [-0.2, 0) is 17.9 Å². The molecule has 2 N–H and O–H groups in total. The van der Waals surface area contributed by atoms with Crippen LogP contribution < -0.4 is 15.4 Å². The van der Waals surface area contributed by atoms with Gasteiger partial charge in [0, 0.05) is 12.6 Å². The number of para-hydroxylation sites is 3. The number of imidazole rings is 1. The van der Waals surface area contributed by atoms with Crippen molar-refractivity contribution in [1.29, 1.82) is 0 Å². The van der Waals surface area contributed by atoms with E-state index >= 15 is 0 Å². The zero-order valence-electron chi connectivity index (χ0n) is 15.2. The van der Waals surface area contributed by atoms with Gasteiger partial charge in [-0.1, -0.05) is 30.3 Å². The maximum Gasteiger partial charge on any atom is 0.240 e. The lowest BCUT2D eigenvalue weighted by Crippen LogP contribution is -2.46. The number of fused-ring (bicyclic) bond motifs is 1. The first-order valence-corrected chi connectivity index (χ1v) is 9.41. The number of piperidine rings is 1. The van der Waals surface area contributed by atoms with Crippen molar-refractivity contribution in [2.45, 2.75) is 32.0 Å². The van der Waals surface area contributed by atoms with Gasteiger partial charge in [-0.25, -0.2) is 4.98 Å². The minimum Gasteiger partial charge on any atom is -0.486 e. The molecule has 2 heterocycles. The number of ether oxygens (including phenoxy) is 1. The molecule has 0 saturated carbocycles. The molecular formula is C21H24N4O2. The number of nitrogens with zero attached hydrogens (tertiary/aromatic N) is 2. The van der Waals surface area contributed by atoms with Crippen LogP contribution in [0.15, 0.2) is 54.6 Å². The van der Waals surface area contributed by atoms with E-state index in [1.807, 2.05) is 59.2 Å². The summed E-state index contributed by atoms with van der Waals surface area (Å²) < 4.78 is 7.82. The molecule has 1 aliphatic rings. The number of hydrogen-bond acceptors (Lipinski definition) is 4. The Balaban J connectivity index is 1.51. The summed E-state index contributed by atoms with van der Waals surface area (Å²) in [5, 5.41) is 6.46. The maximum absolute atomic E-state index is 12.6. The van der Waals surface area contributed by atoms with Gasteiger partial charge in [-0.3, -0.25) is 4.79 Å². The Labute approximate surface area is 158 Å². The van der Waals surface area contributed by atoms with Gasteiger partial charge in [0.1, 0.15) is 24.7 Å². The third kappa shape index (κ3) is 4.28. The second-order valence-corrected chi connectivity index (χ2v) is 6.82. The minimum atomic E-state index is 0.00724. The van der Waals surface area contributed by atoms with Crippen molar-refractivity contribution in [1.82, 2.24) is 20.2 Å². The van der Waals surface area contributed by atoms with Crippen LogP contribution in [0.2, 0.25) is 0 Å². The van der Waals surface area contributed by atoms with Crippen molar-refractivity contribution < 1.29 is 9.53 Å². The normalized spacial score (nSPS) is 17.0. The fourth-order valence-electron chi connectivity index (χ4n) is 3.47. The Hall–Kier alpha value is -2.86. The molecule has 0 radical (unpaired) electrons. The molecule has 6 nitrogen and oxygen atoms in total. The first-order valence-electron chi connectivity index (χ1n) is 9.41. The van der Waals surface area contributed by atoms with Gasteiger partial charge in [-0.2, -0.15) is 0 Å². The van der Waals surface area contributed by atoms with E-state index in [0.717, 1.165) is 48.5 Å². The number of nitrogens with one attached hydrogen (secondary N) is 2. The lowest BCUT2D eigenvalue weighted by Gasteiger charge is -2.24. The summed E-state index contributed by atoms with van der Waals surface area (Å²) in [6, 6.07) is 17.7. The van der Waals surface area contributed by atoms with E-state index in [1.165, 1.54) is 0 Å². The zero-order chi connectivity index (χ0) is 18.5. The summed E-state index contributed by atoms with van der Waals surface area (Å²) >= 11 is 0. The van der Waals surface area contributed by atoms with Crippen LogP contribution >= 0.6 is 0 Å². The van der Waals surface area contributed by atoms with E-state index in [2.05, 4.69) is 15.6 Å². The Morgan fingerprint density at radius 3 is 2.81 bits per heavy atom. The Kier molecular flexibility index (Phi) is 5.34. The molecule has 6 heteroatoms. The molecule has 1 aromatic heterocycles. The van der Waals surface area contributed by atoms with E-state index in [1.54, 1.807) is 0 Å². The van der Waals surface area contributed by atoms with Gasteiger partial charge < -0.3 is 19.9 Å². The molecule has 2 aromatic carbocycles. The fourth-order valence-corrected chi connectivity index (χ4v) is 3.47. The minimum absolute atomic E-state index is 0.00724. The molecule has 1 unspecified atom stereocenters. The van der Waals surface area contributed by atoms with E-state index < -0.39 is 0 Å². The molecule has 1 fully saturated rings. The van der Waals surface area contributed by atoms with Crippen molar-refractivity contribution in [3.63, 3.8) is 0 Å². The van der Waals surface area contributed by atoms with Gasteiger partial charge >= 0.3 is 0 Å². The topological polar surface area (TPSA) is 68.2 Å². The summed E-state index contributed by atoms with van der Waals surface area (Å²) in [6.45, 7) is 2.42. The molecule has 27 heavy (non-hydrogen) atoms. The quantitative estimate of drug-likeness (QED) is 0.705. The van der Waals surface area contributed by atoms with Crippen molar-refractivity contribution in [3.05, 3.63) is 60.4 Å². The number of benzene rings is 2. The number of aromatic nitrogens is 2. The van der Waals surface area contributed by atoms with Gasteiger partial charge in [0.05, 0.1) is 11.0 Å². The summed E-state index contributed by atoms with van der Waals surface area (Å²) in [6.07, 6.45) is 2.11. The molecule has 1 aliphatic heterocycles. The van der Waals surface area contributed by atoms with Crippen LogP contribution in [0.25, 0.3) is 11.0 Å². The smallest absolute Gasteiger partial charge is 0.240 e. The van der Waals surface area contributed by atoms with E-state index in [9.17, 15) is 4.79 Å². The van der Waals surface area contributed by atoms with E-state index in [4.69, 9.17) is 4.74 Å². The fraction of sp³-hybridized carbons (Fsp3) is 0.333. The summed E-state index contributed by atoms with van der Waals surface area (Å²) in [4.78, 5) is 17.3. The van der Waals surface area contributed by atoms with Gasteiger partial charge in [0.25, 0.3) is 0 Å². The SMILES string of the molecule is O=C(Cn1c(COc2ccccc2)nc2ccccc21)NC1CCCNC1. The molecule has 140 valence electrons. The third-order valence-electron chi connectivity index (χ3n) is 4.81. The second-order valence-electron chi connectivity index (χ2n) is 6.82. The Morgan fingerprint density at radius 2 is 2.00 bits per heavy atom. The highest BCUT2D eigenvalue weighted by molar-refractivity contribution is 5.81. The molecule has 0 bridgehead atoms. The second kappa shape index (κ2) is 8.22. The number of amides is 1. The Morgan fingerprint density at radius 1 is 1.19 bits per heavy atom. The van der Waals surface area contributed by atoms with Gasteiger partial charge in [0.2, 0.25) is 5.91 Å². The van der Waals surface area contributed by atoms with Crippen molar-refractivity contribution >= 4 is 16.9 Å². The number of hydrogen-bond donors (Lipinski definition) is 2. The molecule has 4 rings (SSSR count). The van der Waals surface area contributed by atoms with Crippen LogP contribution in [0, 0.1) is 0 Å². The molecule has 1 atom stereocenters. The van der Waals surface area contributed by atoms with Gasteiger partial charge in [-0.05, 0) is 43.7 Å². The van der Waals surface area contributed by atoms with Crippen LogP contribution in [0.1, 0.15) is 18.7 Å². The zero-order valence-corrected chi connectivity index (χ0v) is 15.2. The number of carbonyl (C=O) groups excluding carboxylic acids is 1. The average molecular weight is 364 g/mol.